The van der Waals surface area contributed by atoms with Gasteiger partial charge in [0.2, 0.25) is 5.89 Å². The molecule has 1 aromatic heterocycles. The minimum Gasteiger partial charge on any atom is -0.339 e. The van der Waals surface area contributed by atoms with Crippen molar-refractivity contribution in [1.82, 2.24) is 19.9 Å². The highest BCUT2D eigenvalue weighted by Gasteiger charge is 2.26. The molecular formula is C15H29N5O. The molecule has 1 unspecified atom stereocenters. The van der Waals surface area contributed by atoms with Crippen LogP contribution in [0.4, 0.5) is 0 Å². The third kappa shape index (κ3) is 5.05. The molecule has 1 aliphatic heterocycles. The Hall–Kier alpha value is -0.980. The predicted molar refractivity (Wildman–Crippen MR) is 83.0 cm³/mol. The van der Waals surface area contributed by atoms with E-state index >= 15 is 0 Å². The molecule has 1 fully saturated rings. The van der Waals surface area contributed by atoms with Crippen LogP contribution < -0.4 is 5.73 Å². The van der Waals surface area contributed by atoms with Gasteiger partial charge in [-0.15, -0.1) is 0 Å². The SMILES string of the molecule is CN1CCCN(C)C(c2noc(CCCCCCN)n2)C1. The number of hydrogen-bond donors (Lipinski definition) is 1. The highest BCUT2D eigenvalue weighted by atomic mass is 16.5. The van der Waals surface area contributed by atoms with Crippen LogP contribution in [0.15, 0.2) is 4.52 Å². The molecular weight excluding hydrogens is 266 g/mol. The first kappa shape index (κ1) is 16.4. The van der Waals surface area contributed by atoms with Crippen LogP contribution in [0.1, 0.15) is 49.9 Å². The molecule has 0 bridgehead atoms. The minimum absolute atomic E-state index is 0.243. The van der Waals surface area contributed by atoms with Crippen LogP contribution in [0.5, 0.6) is 0 Å². The van der Waals surface area contributed by atoms with Crippen LogP contribution in [-0.4, -0.2) is 60.2 Å². The first-order valence-corrected chi connectivity index (χ1v) is 8.12. The number of rotatable bonds is 7. The summed E-state index contributed by atoms with van der Waals surface area (Å²) < 4.78 is 5.42. The Morgan fingerprint density at radius 1 is 1.19 bits per heavy atom. The maximum atomic E-state index is 5.50. The number of hydrogen-bond acceptors (Lipinski definition) is 6. The zero-order chi connectivity index (χ0) is 15.1. The van der Waals surface area contributed by atoms with Crippen molar-refractivity contribution in [3.63, 3.8) is 0 Å². The van der Waals surface area contributed by atoms with Gasteiger partial charge in [0, 0.05) is 13.0 Å². The molecule has 0 aliphatic carbocycles. The van der Waals surface area contributed by atoms with Gasteiger partial charge in [0.15, 0.2) is 5.82 Å². The third-order valence-electron chi connectivity index (χ3n) is 4.19. The molecule has 1 aromatic rings. The average molecular weight is 295 g/mol. The molecule has 1 aliphatic rings. The largest absolute Gasteiger partial charge is 0.339 e. The van der Waals surface area contributed by atoms with Crippen LogP contribution in [-0.2, 0) is 6.42 Å². The van der Waals surface area contributed by atoms with Crippen LogP contribution >= 0.6 is 0 Å². The topological polar surface area (TPSA) is 71.4 Å². The Kier molecular flexibility index (Phi) is 6.60. The summed E-state index contributed by atoms with van der Waals surface area (Å²) in [7, 11) is 4.30. The van der Waals surface area contributed by atoms with Crippen molar-refractivity contribution < 1.29 is 4.52 Å². The summed E-state index contributed by atoms with van der Waals surface area (Å²) in [5, 5.41) is 4.21. The number of unbranched alkanes of at least 4 members (excludes halogenated alkanes) is 3. The molecule has 2 heterocycles. The normalized spacial score (nSPS) is 21.6. The highest BCUT2D eigenvalue weighted by molar-refractivity contribution is 4.97. The summed E-state index contributed by atoms with van der Waals surface area (Å²) in [5.74, 6) is 1.61. The van der Waals surface area contributed by atoms with Crippen molar-refractivity contribution in [1.29, 1.82) is 0 Å². The van der Waals surface area contributed by atoms with E-state index in [9.17, 15) is 0 Å². The lowest BCUT2D eigenvalue weighted by Crippen LogP contribution is -2.31. The second-order valence-electron chi connectivity index (χ2n) is 6.11. The molecule has 2 rings (SSSR count). The maximum absolute atomic E-state index is 5.50. The lowest BCUT2D eigenvalue weighted by molar-refractivity contribution is 0.214. The molecule has 0 aromatic carbocycles. The number of aromatic nitrogens is 2. The lowest BCUT2D eigenvalue weighted by atomic mass is 10.1. The second-order valence-corrected chi connectivity index (χ2v) is 6.11. The van der Waals surface area contributed by atoms with Crippen LogP contribution in [0.25, 0.3) is 0 Å². The van der Waals surface area contributed by atoms with Crippen LogP contribution in [0.3, 0.4) is 0 Å². The van der Waals surface area contributed by atoms with Gasteiger partial charge in [0.25, 0.3) is 0 Å². The van der Waals surface area contributed by atoms with E-state index in [2.05, 4.69) is 34.0 Å². The molecule has 0 amide bonds. The average Bonchev–Trinajstić information content (AvgIpc) is 2.86. The fourth-order valence-electron chi connectivity index (χ4n) is 2.83. The van der Waals surface area contributed by atoms with Crippen molar-refractivity contribution in [2.75, 3.05) is 40.3 Å². The van der Waals surface area contributed by atoms with Gasteiger partial charge in [-0.2, -0.15) is 4.98 Å². The first-order chi connectivity index (χ1) is 10.2. The summed E-state index contributed by atoms with van der Waals surface area (Å²) in [4.78, 5) is 9.28. The maximum Gasteiger partial charge on any atom is 0.226 e. The van der Waals surface area contributed by atoms with E-state index in [4.69, 9.17) is 10.3 Å². The molecule has 6 heteroatoms. The van der Waals surface area contributed by atoms with Crippen molar-refractivity contribution in [3.8, 4) is 0 Å². The molecule has 120 valence electrons. The van der Waals surface area contributed by atoms with E-state index in [-0.39, 0.29) is 6.04 Å². The van der Waals surface area contributed by atoms with E-state index in [0.29, 0.717) is 0 Å². The number of likely N-dealkylation sites (N-methyl/N-ethyl adjacent to an activating group) is 2. The third-order valence-corrected chi connectivity index (χ3v) is 4.19. The fraction of sp³-hybridized carbons (Fsp3) is 0.867. The smallest absolute Gasteiger partial charge is 0.226 e. The Morgan fingerprint density at radius 2 is 2.00 bits per heavy atom. The molecule has 21 heavy (non-hydrogen) atoms. The second kappa shape index (κ2) is 8.46. The lowest BCUT2D eigenvalue weighted by Gasteiger charge is -2.24. The van der Waals surface area contributed by atoms with Gasteiger partial charge in [-0.3, -0.25) is 4.90 Å². The van der Waals surface area contributed by atoms with E-state index in [1.165, 1.54) is 19.3 Å². The summed E-state index contributed by atoms with van der Waals surface area (Å²) in [5.41, 5.74) is 5.50. The summed E-state index contributed by atoms with van der Waals surface area (Å²) in [6.07, 6.45) is 6.64. The summed E-state index contributed by atoms with van der Waals surface area (Å²) in [6.45, 7) is 3.96. The zero-order valence-corrected chi connectivity index (χ0v) is 13.4. The van der Waals surface area contributed by atoms with Crippen molar-refractivity contribution in [2.45, 2.75) is 44.6 Å². The summed E-state index contributed by atoms with van der Waals surface area (Å²) in [6, 6.07) is 0.243. The van der Waals surface area contributed by atoms with Gasteiger partial charge in [-0.05, 0) is 53.0 Å². The molecule has 0 radical (unpaired) electrons. The van der Waals surface area contributed by atoms with Gasteiger partial charge in [0.05, 0.1) is 6.04 Å². The van der Waals surface area contributed by atoms with Crippen LogP contribution in [0.2, 0.25) is 0 Å². The molecule has 1 saturated heterocycles. The van der Waals surface area contributed by atoms with E-state index < -0.39 is 0 Å². The van der Waals surface area contributed by atoms with Crippen LogP contribution in [0, 0.1) is 0 Å². The molecule has 1 atom stereocenters. The van der Waals surface area contributed by atoms with E-state index in [0.717, 1.165) is 57.2 Å². The Morgan fingerprint density at radius 3 is 2.81 bits per heavy atom. The monoisotopic (exact) mass is 295 g/mol. The fourth-order valence-corrected chi connectivity index (χ4v) is 2.83. The Labute approximate surface area is 127 Å². The highest BCUT2D eigenvalue weighted by Crippen LogP contribution is 2.21. The van der Waals surface area contributed by atoms with Crippen molar-refractivity contribution in [3.05, 3.63) is 11.7 Å². The van der Waals surface area contributed by atoms with Gasteiger partial charge in [-0.1, -0.05) is 18.0 Å². The standard InChI is InChI=1S/C15H29N5O/c1-19-10-7-11-20(2)13(12-19)15-17-14(21-18-15)8-5-3-4-6-9-16/h13H,3-12,16H2,1-2H3. The number of nitrogens with zero attached hydrogens (tertiary/aromatic N) is 4. The molecule has 6 nitrogen and oxygen atoms in total. The number of aryl methyl sites for hydroxylation is 1. The minimum atomic E-state index is 0.243. The molecule has 0 spiro atoms. The molecule has 2 N–H and O–H groups in total. The Balaban J connectivity index is 1.86. The Bertz CT molecular complexity index is 409. The summed E-state index contributed by atoms with van der Waals surface area (Å²) >= 11 is 0. The van der Waals surface area contributed by atoms with E-state index in [1.807, 2.05) is 0 Å². The quantitative estimate of drug-likeness (QED) is 0.768. The van der Waals surface area contributed by atoms with E-state index in [1.54, 1.807) is 0 Å². The molecule has 0 saturated carbocycles. The zero-order valence-electron chi connectivity index (χ0n) is 13.4. The van der Waals surface area contributed by atoms with Crippen molar-refractivity contribution >= 4 is 0 Å². The van der Waals surface area contributed by atoms with Gasteiger partial charge >= 0.3 is 0 Å². The number of nitrogens with two attached hydrogens (primary N) is 1. The first-order valence-electron chi connectivity index (χ1n) is 8.12. The van der Waals surface area contributed by atoms with Crippen molar-refractivity contribution in [2.24, 2.45) is 5.73 Å². The van der Waals surface area contributed by atoms with Gasteiger partial charge in [-0.25, -0.2) is 0 Å². The predicted octanol–water partition coefficient (Wildman–Crippen LogP) is 1.44. The van der Waals surface area contributed by atoms with Gasteiger partial charge in [0.1, 0.15) is 0 Å². The van der Waals surface area contributed by atoms with Gasteiger partial charge < -0.3 is 15.2 Å².